The quantitative estimate of drug-likeness (QED) is 0.217. The first-order chi connectivity index (χ1) is 19.9. The van der Waals surface area contributed by atoms with Crippen LogP contribution in [0.3, 0.4) is 0 Å². The van der Waals surface area contributed by atoms with Gasteiger partial charge >= 0.3 is 0 Å². The summed E-state index contributed by atoms with van der Waals surface area (Å²) in [6, 6.07) is 18.3. The minimum Gasteiger partial charge on any atom is -0.494 e. The molecule has 0 aliphatic carbocycles. The van der Waals surface area contributed by atoms with Crippen molar-refractivity contribution in [1.29, 1.82) is 0 Å². The first kappa shape index (κ1) is 23.9. The fourth-order valence-corrected chi connectivity index (χ4v) is 7.82. The van der Waals surface area contributed by atoms with Crippen molar-refractivity contribution >= 4 is 34.1 Å². The molecule has 1 aromatic heterocycles. The second-order valence-corrected chi connectivity index (χ2v) is 10.9. The molecule has 3 fully saturated rings. The zero-order valence-electron chi connectivity index (χ0n) is 21.9. The lowest BCUT2D eigenvalue weighted by Gasteiger charge is -2.38. The lowest BCUT2D eigenvalue weighted by atomic mass is 9.75. The number of nitro benzene ring substituents is 1. The van der Waals surface area contributed by atoms with Gasteiger partial charge in [-0.1, -0.05) is 30.3 Å². The van der Waals surface area contributed by atoms with Gasteiger partial charge in [-0.2, -0.15) is 0 Å². The summed E-state index contributed by atoms with van der Waals surface area (Å²) < 4.78 is 7.04. The number of aromatic nitrogens is 2. The van der Waals surface area contributed by atoms with Crippen molar-refractivity contribution in [3.63, 3.8) is 0 Å². The Balaban J connectivity index is 1.40. The van der Waals surface area contributed by atoms with Crippen LogP contribution in [0.1, 0.15) is 24.2 Å². The number of fused-ring (bicyclic) bond motifs is 11. The molecule has 204 valence electrons. The highest BCUT2D eigenvalue weighted by Crippen LogP contribution is 2.62. The third-order valence-electron chi connectivity index (χ3n) is 9.26. The van der Waals surface area contributed by atoms with Gasteiger partial charge in [-0.3, -0.25) is 34.0 Å². The van der Waals surface area contributed by atoms with Gasteiger partial charge in [-0.15, -0.1) is 0 Å². The van der Waals surface area contributed by atoms with Crippen LogP contribution in [0.2, 0.25) is 0 Å². The second-order valence-electron chi connectivity index (χ2n) is 10.9. The number of benzene rings is 3. The van der Waals surface area contributed by atoms with Gasteiger partial charge in [0.05, 0.1) is 52.2 Å². The Kier molecular flexibility index (Phi) is 4.71. The third-order valence-corrected chi connectivity index (χ3v) is 9.26. The first-order valence-corrected chi connectivity index (χ1v) is 13.5. The van der Waals surface area contributed by atoms with E-state index in [2.05, 4.69) is 4.90 Å². The normalized spacial score (nSPS) is 26.0. The molecule has 8 rings (SSSR count). The maximum absolute atomic E-state index is 14.6. The predicted octanol–water partition coefficient (Wildman–Crippen LogP) is 3.14. The van der Waals surface area contributed by atoms with E-state index >= 15 is 0 Å². The molecular weight excluding hydrogens is 526 g/mol. The first-order valence-electron chi connectivity index (χ1n) is 13.5. The van der Waals surface area contributed by atoms with Crippen LogP contribution in [0.25, 0.3) is 16.6 Å². The van der Waals surface area contributed by atoms with Crippen LogP contribution in [0.15, 0.2) is 71.5 Å². The van der Waals surface area contributed by atoms with E-state index in [9.17, 15) is 24.5 Å². The molecule has 0 bridgehead atoms. The summed E-state index contributed by atoms with van der Waals surface area (Å²) in [5.41, 5.74) is 0.554. The van der Waals surface area contributed by atoms with E-state index in [4.69, 9.17) is 9.72 Å². The number of anilines is 1. The molecule has 4 aromatic rings. The molecule has 4 aliphatic rings. The van der Waals surface area contributed by atoms with E-state index in [1.807, 2.05) is 30.3 Å². The maximum atomic E-state index is 14.6. The van der Waals surface area contributed by atoms with Crippen molar-refractivity contribution in [1.82, 2.24) is 14.5 Å². The Morgan fingerprint density at radius 3 is 2.59 bits per heavy atom. The van der Waals surface area contributed by atoms with Crippen molar-refractivity contribution in [3.05, 3.63) is 98.6 Å². The summed E-state index contributed by atoms with van der Waals surface area (Å²) in [6.45, 7) is 0.649. The van der Waals surface area contributed by atoms with Crippen molar-refractivity contribution in [2.24, 2.45) is 11.8 Å². The Hall–Kier alpha value is -4.90. The summed E-state index contributed by atoms with van der Waals surface area (Å²) in [4.78, 5) is 62.1. The number of non-ortho nitro benzene ring substituents is 1. The number of nitro groups is 1. The van der Waals surface area contributed by atoms with Gasteiger partial charge in [-0.25, -0.2) is 9.88 Å². The van der Waals surface area contributed by atoms with Crippen molar-refractivity contribution in [2.45, 2.75) is 24.4 Å². The van der Waals surface area contributed by atoms with Crippen LogP contribution in [0, 0.1) is 22.0 Å². The number of hydrogen-bond acceptors (Lipinski definition) is 8. The highest BCUT2D eigenvalue weighted by atomic mass is 16.6. The number of rotatable bonds is 3. The summed E-state index contributed by atoms with van der Waals surface area (Å²) in [6.07, 6.45) is 1.55. The standard InChI is InChI=1S/C30H23N5O6/c1-41-23-15-16(35(39)40)12-13-21(23)33-27(37)24-22-11-6-14-32(22)30(25(24)28(33)38)18-8-3-5-10-20(18)34-26(36)17-7-2-4-9-19(17)31-29(30)34/h2-5,7-10,12-13,15,22,24-25H,6,11,14H2,1H3/t22-,24+,25+,30-/m0/s1. The van der Waals surface area contributed by atoms with Gasteiger partial charge < -0.3 is 4.74 Å². The topological polar surface area (TPSA) is 128 Å². The van der Waals surface area contributed by atoms with Gasteiger partial charge in [0.2, 0.25) is 11.8 Å². The highest BCUT2D eigenvalue weighted by molar-refractivity contribution is 6.24. The third kappa shape index (κ3) is 2.76. The van der Waals surface area contributed by atoms with Crippen LogP contribution in [0.4, 0.5) is 11.4 Å². The molecule has 0 unspecified atom stereocenters. The summed E-state index contributed by atoms with van der Waals surface area (Å²) in [7, 11) is 1.35. The molecule has 0 saturated carbocycles. The molecule has 1 spiro atoms. The summed E-state index contributed by atoms with van der Waals surface area (Å²) in [5, 5.41) is 11.9. The number of para-hydroxylation sites is 2. The molecule has 4 atom stereocenters. The average Bonchev–Trinajstić information content (AvgIpc) is 3.70. The molecule has 3 saturated heterocycles. The lowest BCUT2D eigenvalue weighted by Crippen LogP contribution is -2.51. The smallest absolute Gasteiger partial charge is 0.273 e. The number of nitrogens with zero attached hydrogens (tertiary/aromatic N) is 5. The number of amides is 2. The van der Waals surface area contributed by atoms with E-state index in [1.54, 1.807) is 22.8 Å². The van der Waals surface area contributed by atoms with Crippen molar-refractivity contribution in [3.8, 4) is 11.4 Å². The van der Waals surface area contributed by atoms with E-state index < -0.39 is 28.2 Å². The summed E-state index contributed by atoms with van der Waals surface area (Å²) >= 11 is 0. The zero-order valence-corrected chi connectivity index (χ0v) is 21.9. The second kappa shape index (κ2) is 8.07. The van der Waals surface area contributed by atoms with Crippen LogP contribution in [-0.2, 0) is 15.1 Å². The molecule has 0 N–H and O–H groups in total. The van der Waals surface area contributed by atoms with E-state index in [-0.39, 0.29) is 34.6 Å². The number of imide groups is 1. The summed E-state index contributed by atoms with van der Waals surface area (Å²) in [5.74, 6) is -1.85. The largest absolute Gasteiger partial charge is 0.494 e. The monoisotopic (exact) mass is 549 g/mol. The van der Waals surface area contributed by atoms with Crippen molar-refractivity contribution < 1.29 is 19.2 Å². The molecule has 0 radical (unpaired) electrons. The number of ether oxygens (including phenoxy) is 1. The average molecular weight is 550 g/mol. The van der Waals surface area contributed by atoms with Crippen LogP contribution in [-0.4, -0.2) is 50.9 Å². The lowest BCUT2D eigenvalue weighted by molar-refractivity contribution is -0.384. The predicted molar refractivity (Wildman–Crippen MR) is 147 cm³/mol. The fourth-order valence-electron chi connectivity index (χ4n) is 7.82. The number of carbonyl (C=O) groups excluding carboxylic acids is 2. The Bertz CT molecular complexity index is 1920. The van der Waals surface area contributed by atoms with Crippen LogP contribution in [0.5, 0.6) is 5.75 Å². The van der Waals surface area contributed by atoms with Gasteiger partial charge in [0.25, 0.3) is 11.2 Å². The molecule has 2 amide bonds. The zero-order chi connectivity index (χ0) is 28.2. The maximum Gasteiger partial charge on any atom is 0.273 e. The Morgan fingerprint density at radius 1 is 1.00 bits per heavy atom. The van der Waals surface area contributed by atoms with Gasteiger partial charge in [-0.05, 0) is 43.7 Å². The minimum absolute atomic E-state index is 0.0609. The SMILES string of the molecule is COc1cc([N+](=O)[O-])ccc1N1C(=O)[C@@H]2[C@@H]3CCCN3[C@@]3(c4ccccc4-n4c3nc3ccccc3c4=O)[C@H]2C1=O. The van der Waals surface area contributed by atoms with Crippen LogP contribution >= 0.6 is 0 Å². The molecular formula is C30H23N5O6. The highest BCUT2D eigenvalue weighted by Gasteiger charge is 2.74. The molecule has 5 heterocycles. The number of carbonyl (C=O) groups is 2. The molecule has 41 heavy (non-hydrogen) atoms. The molecule has 11 nitrogen and oxygen atoms in total. The van der Waals surface area contributed by atoms with Gasteiger partial charge in [0.1, 0.15) is 17.1 Å². The number of methoxy groups -OCH3 is 1. The van der Waals surface area contributed by atoms with Gasteiger partial charge in [0, 0.05) is 17.7 Å². The van der Waals surface area contributed by atoms with E-state index in [0.29, 0.717) is 35.4 Å². The minimum atomic E-state index is -1.14. The van der Waals surface area contributed by atoms with Crippen molar-refractivity contribution in [2.75, 3.05) is 18.6 Å². The molecule has 4 aliphatic heterocycles. The van der Waals surface area contributed by atoms with Crippen LogP contribution < -0.4 is 15.2 Å². The van der Waals surface area contributed by atoms with E-state index in [0.717, 1.165) is 16.9 Å². The fraction of sp³-hybridized carbons (Fsp3) is 0.267. The van der Waals surface area contributed by atoms with Gasteiger partial charge in [0.15, 0.2) is 0 Å². The number of hydrogen-bond donors (Lipinski definition) is 0. The van der Waals surface area contributed by atoms with E-state index in [1.165, 1.54) is 25.3 Å². The molecule has 3 aromatic carbocycles. The molecule has 11 heteroatoms. The Morgan fingerprint density at radius 2 is 1.78 bits per heavy atom. The Labute approximate surface area is 232 Å².